The molecule has 268 valence electrons. The molecule has 2 atom stereocenters. The van der Waals surface area contributed by atoms with Crippen LogP contribution in [-0.2, 0) is 11.8 Å². The monoisotopic (exact) mass is 710 g/mol. The van der Waals surface area contributed by atoms with Crippen LogP contribution in [-0.4, -0.2) is 4.57 Å². The van der Waals surface area contributed by atoms with Crippen molar-refractivity contribution in [3.8, 4) is 23.5 Å². The fourth-order valence-electron chi connectivity index (χ4n) is 9.47. The van der Waals surface area contributed by atoms with Gasteiger partial charge in [-0.15, -0.1) is 6.42 Å². The summed E-state index contributed by atoms with van der Waals surface area (Å²) in [5.74, 6) is 3.36. The van der Waals surface area contributed by atoms with E-state index in [-0.39, 0.29) is 5.41 Å². The second-order valence-corrected chi connectivity index (χ2v) is 15.9. The van der Waals surface area contributed by atoms with Crippen molar-refractivity contribution in [3.05, 3.63) is 191 Å². The minimum Gasteiger partial charge on any atom is -0.317 e. The molecule has 1 heterocycles. The van der Waals surface area contributed by atoms with Gasteiger partial charge in [0.1, 0.15) is 0 Å². The van der Waals surface area contributed by atoms with Crippen molar-refractivity contribution >= 4 is 45.2 Å². The average molecular weight is 711 g/mol. The molecule has 1 aromatic heterocycles. The van der Waals surface area contributed by atoms with E-state index in [1.807, 2.05) is 6.08 Å². The van der Waals surface area contributed by atoms with Crippen molar-refractivity contribution in [2.45, 2.75) is 46.0 Å². The summed E-state index contributed by atoms with van der Waals surface area (Å²) < 4.78 is 2.42. The molecule has 0 bridgehead atoms. The topological polar surface area (TPSA) is 8.17 Å². The van der Waals surface area contributed by atoms with Crippen LogP contribution in [0.5, 0.6) is 0 Å². The Morgan fingerprint density at radius 1 is 0.764 bits per heavy atom. The molecule has 5 aromatic carbocycles. The van der Waals surface area contributed by atoms with Crippen molar-refractivity contribution in [3.63, 3.8) is 0 Å². The summed E-state index contributed by atoms with van der Waals surface area (Å²) in [4.78, 5) is 2.50. The second-order valence-electron chi connectivity index (χ2n) is 15.9. The van der Waals surface area contributed by atoms with E-state index in [2.05, 4.69) is 195 Å². The van der Waals surface area contributed by atoms with Gasteiger partial charge in [-0.2, -0.15) is 0 Å². The van der Waals surface area contributed by atoms with Gasteiger partial charge in [-0.25, -0.2) is 0 Å². The zero-order valence-corrected chi connectivity index (χ0v) is 32.1. The largest absolute Gasteiger partial charge is 0.317 e. The third-order valence-corrected chi connectivity index (χ3v) is 12.2. The van der Waals surface area contributed by atoms with Gasteiger partial charge in [-0.3, -0.25) is 0 Å². The average Bonchev–Trinajstić information content (AvgIpc) is 3.66. The maximum absolute atomic E-state index is 5.50. The number of nitrogens with zero attached hydrogens (tertiary/aromatic N) is 2. The highest BCUT2D eigenvalue weighted by atomic mass is 15.1. The summed E-state index contributed by atoms with van der Waals surface area (Å²) in [5.41, 5.74) is 18.2. The summed E-state index contributed by atoms with van der Waals surface area (Å²) >= 11 is 0. The number of benzene rings is 5. The van der Waals surface area contributed by atoms with E-state index < -0.39 is 0 Å². The lowest BCUT2D eigenvalue weighted by molar-refractivity contribution is 0.406. The highest BCUT2D eigenvalue weighted by Crippen LogP contribution is 2.55. The molecule has 0 fully saturated rings. The number of hydrogen-bond acceptors (Lipinski definition) is 1. The number of hydrogen-bond donors (Lipinski definition) is 0. The molecule has 0 spiro atoms. The van der Waals surface area contributed by atoms with Crippen LogP contribution in [0.25, 0.3) is 44.9 Å². The zero-order valence-electron chi connectivity index (χ0n) is 32.1. The molecule has 0 saturated carbocycles. The van der Waals surface area contributed by atoms with Crippen molar-refractivity contribution < 1.29 is 0 Å². The Morgan fingerprint density at radius 2 is 1.51 bits per heavy atom. The Morgan fingerprint density at radius 3 is 2.33 bits per heavy atom. The fraction of sp³-hybridized carbons (Fsp3) is 0.170. The van der Waals surface area contributed by atoms with Gasteiger partial charge in [0, 0.05) is 39.4 Å². The Labute approximate surface area is 326 Å². The van der Waals surface area contributed by atoms with Gasteiger partial charge in [-0.1, -0.05) is 136 Å². The number of allylic oxidation sites excluding steroid dienone is 9. The van der Waals surface area contributed by atoms with Crippen molar-refractivity contribution in [1.82, 2.24) is 4.57 Å². The molecule has 0 aliphatic heterocycles. The molecule has 9 rings (SSSR count). The van der Waals surface area contributed by atoms with Crippen molar-refractivity contribution in [1.29, 1.82) is 0 Å². The van der Waals surface area contributed by atoms with E-state index in [0.29, 0.717) is 11.8 Å². The van der Waals surface area contributed by atoms with E-state index in [1.54, 1.807) is 6.08 Å². The van der Waals surface area contributed by atoms with Gasteiger partial charge in [-0.05, 0) is 131 Å². The molecule has 3 aliphatic carbocycles. The molecule has 55 heavy (non-hydrogen) atoms. The molecule has 2 unspecified atom stereocenters. The smallest absolute Gasteiger partial charge is 0.0534 e. The summed E-state index contributed by atoms with van der Waals surface area (Å²) in [6, 6.07) is 46.8. The number of rotatable bonds is 7. The SMILES string of the molecule is C#C/C=C\C=C(/C)n1c2c(c3ccccc31)C=C(c1ccc(N(C3=CC=C4c5ccccc5C(C)(C)C4C3)c3cccc(-c4ccccc4)c3)cc1)C(C)C2. The number of fused-ring (bicyclic) bond motifs is 6. The summed E-state index contributed by atoms with van der Waals surface area (Å²) in [6.45, 7) is 9.38. The minimum atomic E-state index is 0.0433. The van der Waals surface area contributed by atoms with Crippen molar-refractivity contribution in [2.24, 2.45) is 11.8 Å². The predicted molar refractivity (Wildman–Crippen MR) is 235 cm³/mol. The van der Waals surface area contributed by atoms with Crippen LogP contribution in [0.15, 0.2) is 163 Å². The third kappa shape index (κ3) is 5.92. The van der Waals surface area contributed by atoms with Crippen molar-refractivity contribution in [2.75, 3.05) is 4.90 Å². The maximum Gasteiger partial charge on any atom is 0.0534 e. The van der Waals surface area contributed by atoms with Crippen LogP contribution in [0.2, 0.25) is 0 Å². The summed E-state index contributed by atoms with van der Waals surface area (Å²) in [6.07, 6.45) is 20.5. The Balaban J connectivity index is 1.12. The lowest BCUT2D eigenvalue weighted by Crippen LogP contribution is -2.28. The van der Waals surface area contributed by atoms with Crippen LogP contribution < -0.4 is 4.90 Å². The first-order valence-corrected chi connectivity index (χ1v) is 19.5. The number of aromatic nitrogens is 1. The Hall–Kier alpha value is -6.30. The summed E-state index contributed by atoms with van der Waals surface area (Å²) in [7, 11) is 0. The van der Waals surface area contributed by atoms with Crippen LogP contribution in [0.3, 0.4) is 0 Å². The van der Waals surface area contributed by atoms with E-state index in [0.717, 1.165) is 18.5 Å². The maximum atomic E-state index is 5.50. The molecule has 0 N–H and O–H groups in total. The number of terminal acetylenes is 1. The highest BCUT2D eigenvalue weighted by molar-refractivity contribution is 6.00. The van der Waals surface area contributed by atoms with E-state index in [9.17, 15) is 0 Å². The van der Waals surface area contributed by atoms with Crippen LogP contribution in [0.4, 0.5) is 11.4 Å². The second kappa shape index (κ2) is 13.8. The molecule has 0 amide bonds. The first-order valence-electron chi connectivity index (χ1n) is 19.5. The van der Waals surface area contributed by atoms with Crippen LogP contribution in [0.1, 0.15) is 62.1 Å². The van der Waals surface area contributed by atoms with Gasteiger partial charge in [0.15, 0.2) is 0 Å². The first kappa shape index (κ1) is 34.5. The van der Waals surface area contributed by atoms with Gasteiger partial charge in [0.2, 0.25) is 0 Å². The third-order valence-electron chi connectivity index (χ3n) is 12.2. The lowest BCUT2D eigenvalue weighted by Gasteiger charge is -2.36. The van der Waals surface area contributed by atoms with E-state index in [4.69, 9.17) is 6.42 Å². The molecular weight excluding hydrogens is 665 g/mol. The molecular formula is C53H46N2. The standard InChI is InChI=1S/C53H46N2/c1-6-7-9-17-37(3)54-51-25-15-13-23-46(51)48-35-47(36(2)32-52(48)54)39-26-28-41(29-27-39)55(42-21-16-20-40(33-42)38-18-10-8-11-19-38)43-30-31-45-44-22-12-14-24-49(44)53(4,5)50(45)34-43/h1,7-31,33,35-36,50H,32,34H2,2-5H3/b9-7-,37-17+. The molecule has 2 nitrogen and oxygen atoms in total. The number of anilines is 2. The quantitative estimate of drug-likeness (QED) is 0.118. The van der Waals surface area contributed by atoms with Crippen LogP contribution in [0, 0.1) is 24.2 Å². The van der Waals surface area contributed by atoms with E-state index >= 15 is 0 Å². The fourth-order valence-corrected chi connectivity index (χ4v) is 9.47. The highest BCUT2D eigenvalue weighted by Gasteiger charge is 2.44. The molecule has 2 heteroatoms. The molecule has 6 aromatic rings. The number of para-hydroxylation sites is 1. The molecule has 0 radical (unpaired) electrons. The minimum absolute atomic E-state index is 0.0433. The van der Waals surface area contributed by atoms with Gasteiger partial charge < -0.3 is 9.47 Å². The Kier molecular flexibility index (Phi) is 8.67. The normalized spacial score (nSPS) is 18.5. The lowest BCUT2D eigenvalue weighted by atomic mass is 9.74. The first-order chi connectivity index (χ1) is 26.8. The molecule has 0 saturated heterocycles. The zero-order chi connectivity index (χ0) is 37.7. The van der Waals surface area contributed by atoms with Gasteiger partial charge in [0.25, 0.3) is 0 Å². The summed E-state index contributed by atoms with van der Waals surface area (Å²) in [5, 5.41) is 1.28. The predicted octanol–water partition coefficient (Wildman–Crippen LogP) is 13.5. The Bertz CT molecular complexity index is 2650. The van der Waals surface area contributed by atoms with Gasteiger partial charge >= 0.3 is 0 Å². The van der Waals surface area contributed by atoms with Gasteiger partial charge in [0.05, 0.1) is 5.52 Å². The molecule has 3 aliphatic rings. The van der Waals surface area contributed by atoms with Crippen LogP contribution >= 0.6 is 0 Å². The van der Waals surface area contributed by atoms with E-state index in [1.165, 1.54) is 78.2 Å².